The van der Waals surface area contributed by atoms with E-state index >= 15 is 0 Å². The summed E-state index contributed by atoms with van der Waals surface area (Å²) in [4.78, 5) is 3.74. The fourth-order valence-electron chi connectivity index (χ4n) is 1.64. The summed E-state index contributed by atoms with van der Waals surface area (Å²) in [7, 11) is 0. The van der Waals surface area contributed by atoms with Gasteiger partial charge in [-0.15, -0.1) is 0 Å². The molecule has 0 spiro atoms. The lowest BCUT2D eigenvalue weighted by Gasteiger charge is -2.31. The molecule has 0 unspecified atom stereocenters. The average Bonchev–Trinajstić information content (AvgIpc) is 2.09. The van der Waals surface area contributed by atoms with Gasteiger partial charge in [-0.2, -0.15) is 0 Å². The van der Waals surface area contributed by atoms with E-state index in [0.29, 0.717) is 0 Å². The van der Waals surface area contributed by atoms with E-state index in [-0.39, 0.29) is 13.2 Å². The molecule has 0 amide bonds. The standard InChI is InChI=1S/C8H18N2O2/c11-7-5-9-1-2-10(4-3-9)6-8-12/h11-12H,1-8H2/p+1. The Morgan fingerprint density at radius 1 is 1.08 bits per heavy atom. The number of hydrogen-bond donors (Lipinski definition) is 3. The topological polar surface area (TPSA) is 48.1 Å². The average molecular weight is 175 g/mol. The number of aliphatic hydroxyl groups excluding tert-OH is 2. The van der Waals surface area contributed by atoms with Gasteiger partial charge in [-0.25, -0.2) is 0 Å². The molecule has 0 aromatic rings. The summed E-state index contributed by atoms with van der Waals surface area (Å²) in [5.41, 5.74) is 0. The lowest BCUT2D eigenvalue weighted by molar-refractivity contribution is -0.904. The van der Waals surface area contributed by atoms with Gasteiger partial charge in [0.1, 0.15) is 6.54 Å². The third kappa shape index (κ3) is 3.06. The van der Waals surface area contributed by atoms with Crippen LogP contribution in [0, 0.1) is 0 Å². The Morgan fingerprint density at radius 2 is 1.75 bits per heavy atom. The van der Waals surface area contributed by atoms with Crippen LogP contribution in [-0.4, -0.2) is 67.6 Å². The maximum absolute atomic E-state index is 8.71. The zero-order valence-electron chi connectivity index (χ0n) is 7.50. The van der Waals surface area contributed by atoms with Gasteiger partial charge in [0.15, 0.2) is 0 Å². The third-order valence-corrected chi connectivity index (χ3v) is 2.44. The molecule has 0 atom stereocenters. The summed E-state index contributed by atoms with van der Waals surface area (Å²) < 4.78 is 0. The van der Waals surface area contributed by atoms with Gasteiger partial charge in [0.05, 0.1) is 26.3 Å². The van der Waals surface area contributed by atoms with E-state index < -0.39 is 0 Å². The first kappa shape index (κ1) is 9.92. The molecule has 0 saturated carbocycles. The van der Waals surface area contributed by atoms with Crippen LogP contribution >= 0.6 is 0 Å². The molecule has 0 aromatic heterocycles. The van der Waals surface area contributed by atoms with Gasteiger partial charge < -0.3 is 15.1 Å². The number of quaternary nitrogens is 1. The molecule has 1 rings (SSSR count). The molecule has 0 aliphatic carbocycles. The first-order chi connectivity index (χ1) is 5.86. The number of piperazine rings is 1. The molecule has 4 nitrogen and oxygen atoms in total. The Hall–Kier alpha value is -0.160. The molecule has 4 heteroatoms. The summed E-state index contributed by atoms with van der Waals surface area (Å²) in [5.74, 6) is 0. The summed E-state index contributed by atoms with van der Waals surface area (Å²) in [6.45, 7) is 6.51. The van der Waals surface area contributed by atoms with Crippen LogP contribution in [0.25, 0.3) is 0 Å². The van der Waals surface area contributed by atoms with E-state index in [4.69, 9.17) is 10.2 Å². The second-order valence-corrected chi connectivity index (χ2v) is 3.29. The van der Waals surface area contributed by atoms with E-state index in [0.717, 1.165) is 39.3 Å². The highest BCUT2D eigenvalue weighted by atomic mass is 16.3. The van der Waals surface area contributed by atoms with Crippen LogP contribution < -0.4 is 4.90 Å². The number of aliphatic hydroxyl groups is 2. The van der Waals surface area contributed by atoms with Gasteiger partial charge in [-0.1, -0.05) is 0 Å². The lowest BCUT2D eigenvalue weighted by atomic mass is 10.3. The van der Waals surface area contributed by atoms with E-state index in [1.54, 1.807) is 0 Å². The minimum Gasteiger partial charge on any atom is -0.395 e. The van der Waals surface area contributed by atoms with Crippen molar-refractivity contribution in [1.82, 2.24) is 4.90 Å². The molecule has 1 saturated heterocycles. The highest BCUT2D eigenvalue weighted by Gasteiger charge is 2.17. The van der Waals surface area contributed by atoms with Crippen LogP contribution in [-0.2, 0) is 0 Å². The van der Waals surface area contributed by atoms with Crippen LogP contribution in [0.5, 0.6) is 0 Å². The third-order valence-electron chi connectivity index (χ3n) is 2.44. The fraction of sp³-hybridized carbons (Fsp3) is 1.00. The summed E-state index contributed by atoms with van der Waals surface area (Å²) in [5, 5.41) is 17.4. The second-order valence-electron chi connectivity index (χ2n) is 3.29. The van der Waals surface area contributed by atoms with Crippen LogP contribution in [0.2, 0.25) is 0 Å². The predicted molar refractivity (Wildman–Crippen MR) is 46.2 cm³/mol. The van der Waals surface area contributed by atoms with E-state index in [2.05, 4.69) is 4.90 Å². The maximum atomic E-state index is 8.71. The van der Waals surface area contributed by atoms with Crippen LogP contribution in [0.3, 0.4) is 0 Å². The van der Waals surface area contributed by atoms with Gasteiger partial charge in [-0.3, -0.25) is 4.90 Å². The Kier molecular flexibility index (Phi) is 4.53. The van der Waals surface area contributed by atoms with E-state index in [9.17, 15) is 0 Å². The highest BCUT2D eigenvalue weighted by molar-refractivity contribution is 4.59. The molecular formula is C8H19N2O2+. The minimum absolute atomic E-state index is 0.259. The Morgan fingerprint density at radius 3 is 2.25 bits per heavy atom. The number of β-amino-alcohol motifs (C(OH)–C–C–N with tert-alkyl or cyclic N) is 1. The van der Waals surface area contributed by atoms with Crippen LogP contribution in [0.4, 0.5) is 0 Å². The zero-order valence-corrected chi connectivity index (χ0v) is 7.50. The molecule has 0 bridgehead atoms. The quantitative estimate of drug-likeness (QED) is 0.432. The SMILES string of the molecule is OCCN1CC[NH+](CCO)CC1. The van der Waals surface area contributed by atoms with E-state index in [1.807, 2.05) is 0 Å². The first-order valence-corrected chi connectivity index (χ1v) is 4.64. The molecule has 1 heterocycles. The molecule has 0 aromatic carbocycles. The Bertz CT molecular complexity index is 99.6. The first-order valence-electron chi connectivity index (χ1n) is 4.64. The number of nitrogens with zero attached hydrogens (tertiary/aromatic N) is 1. The van der Waals surface area contributed by atoms with Crippen molar-refractivity contribution in [1.29, 1.82) is 0 Å². The minimum atomic E-state index is 0.259. The van der Waals surface area contributed by atoms with Crippen LogP contribution in [0.15, 0.2) is 0 Å². The van der Waals surface area contributed by atoms with Gasteiger partial charge in [0.25, 0.3) is 0 Å². The number of rotatable bonds is 4. The smallest absolute Gasteiger partial charge is 0.101 e. The Labute approximate surface area is 73.4 Å². The fourth-order valence-corrected chi connectivity index (χ4v) is 1.64. The van der Waals surface area contributed by atoms with Crippen molar-refractivity contribution >= 4 is 0 Å². The molecule has 0 radical (unpaired) electrons. The molecule has 1 aliphatic rings. The normalized spacial score (nSPS) is 21.5. The van der Waals surface area contributed by atoms with Crippen molar-refractivity contribution in [2.24, 2.45) is 0 Å². The van der Waals surface area contributed by atoms with Crippen LogP contribution in [0.1, 0.15) is 0 Å². The lowest BCUT2D eigenvalue weighted by Crippen LogP contribution is -3.15. The van der Waals surface area contributed by atoms with E-state index in [1.165, 1.54) is 4.90 Å². The largest absolute Gasteiger partial charge is 0.395 e. The number of hydrogen-bond acceptors (Lipinski definition) is 3. The molecule has 3 N–H and O–H groups in total. The predicted octanol–water partition coefficient (Wildman–Crippen LogP) is -2.83. The number of nitrogens with one attached hydrogen (secondary N) is 1. The van der Waals surface area contributed by atoms with Gasteiger partial charge in [0.2, 0.25) is 0 Å². The molecule has 1 aliphatic heterocycles. The summed E-state index contributed by atoms with van der Waals surface area (Å²) in [6.07, 6.45) is 0. The van der Waals surface area contributed by atoms with Gasteiger partial charge in [-0.05, 0) is 0 Å². The van der Waals surface area contributed by atoms with Crippen molar-refractivity contribution in [3.05, 3.63) is 0 Å². The van der Waals surface area contributed by atoms with Crippen molar-refractivity contribution < 1.29 is 15.1 Å². The van der Waals surface area contributed by atoms with Gasteiger partial charge in [0, 0.05) is 19.6 Å². The summed E-state index contributed by atoms with van der Waals surface area (Å²) in [6, 6.07) is 0. The second kappa shape index (κ2) is 5.48. The van der Waals surface area contributed by atoms with Crippen molar-refractivity contribution in [2.45, 2.75) is 0 Å². The maximum Gasteiger partial charge on any atom is 0.101 e. The van der Waals surface area contributed by atoms with Crippen molar-refractivity contribution in [3.63, 3.8) is 0 Å². The molecule has 12 heavy (non-hydrogen) atoms. The molecule has 1 fully saturated rings. The highest BCUT2D eigenvalue weighted by Crippen LogP contribution is 1.86. The van der Waals surface area contributed by atoms with Crippen molar-refractivity contribution in [3.8, 4) is 0 Å². The zero-order chi connectivity index (χ0) is 8.81. The molecular weight excluding hydrogens is 156 g/mol. The van der Waals surface area contributed by atoms with Gasteiger partial charge >= 0.3 is 0 Å². The summed E-state index contributed by atoms with van der Waals surface area (Å²) >= 11 is 0. The monoisotopic (exact) mass is 175 g/mol. The Balaban J connectivity index is 2.11. The van der Waals surface area contributed by atoms with Crippen molar-refractivity contribution in [2.75, 3.05) is 52.5 Å². The molecule has 72 valence electrons.